The molecule has 0 atom stereocenters. The van der Waals surface area contributed by atoms with Gasteiger partial charge >= 0.3 is 5.97 Å². The third-order valence-corrected chi connectivity index (χ3v) is 1.69. The van der Waals surface area contributed by atoms with Crippen LogP contribution < -0.4 is 5.73 Å². The van der Waals surface area contributed by atoms with Crippen LogP contribution in [0.1, 0.15) is 12.5 Å². The zero-order valence-corrected chi connectivity index (χ0v) is 8.86. The highest BCUT2D eigenvalue weighted by Crippen LogP contribution is 2.13. The van der Waals surface area contributed by atoms with Crippen molar-refractivity contribution in [3.63, 3.8) is 0 Å². The van der Waals surface area contributed by atoms with E-state index < -0.39 is 5.97 Å². The lowest BCUT2D eigenvalue weighted by Crippen LogP contribution is -2.00. The molecule has 80 valence electrons. The first-order chi connectivity index (χ1) is 7.13. The largest absolute Gasteiger partial charge is 0.463 e. The number of anilines is 1. The van der Waals surface area contributed by atoms with Gasteiger partial charge in [0.2, 0.25) is 0 Å². The summed E-state index contributed by atoms with van der Waals surface area (Å²) in [6.07, 6.45) is 2.74. The summed E-state index contributed by atoms with van der Waals surface area (Å²) < 4.78 is 4.70. The van der Waals surface area contributed by atoms with Crippen LogP contribution in [-0.2, 0) is 9.53 Å². The Balaban J connectivity index is 2.79. The van der Waals surface area contributed by atoms with Crippen LogP contribution in [0.5, 0.6) is 0 Å². The van der Waals surface area contributed by atoms with Crippen LogP contribution in [0, 0.1) is 0 Å². The average Bonchev–Trinajstić information content (AvgIpc) is 2.20. The first kappa shape index (κ1) is 11.5. The highest BCUT2D eigenvalue weighted by atomic mass is 35.5. The minimum Gasteiger partial charge on any atom is -0.463 e. The molecule has 0 fully saturated rings. The minimum atomic E-state index is -0.440. The number of carbonyl (C=O) groups is 1. The van der Waals surface area contributed by atoms with Gasteiger partial charge in [-0.05, 0) is 19.1 Å². The molecular formula is C9H10ClN3O2. The van der Waals surface area contributed by atoms with E-state index in [4.69, 9.17) is 22.1 Å². The number of halogens is 1. The first-order valence-electron chi connectivity index (χ1n) is 4.27. The highest BCUT2D eigenvalue weighted by Gasteiger charge is 2.00. The van der Waals surface area contributed by atoms with Gasteiger partial charge in [-0.15, -0.1) is 10.2 Å². The summed E-state index contributed by atoms with van der Waals surface area (Å²) in [5, 5.41) is 7.35. The van der Waals surface area contributed by atoms with Crippen molar-refractivity contribution in [2.45, 2.75) is 6.92 Å². The van der Waals surface area contributed by atoms with E-state index in [1.807, 2.05) is 0 Å². The van der Waals surface area contributed by atoms with Crippen molar-refractivity contribution in [3.8, 4) is 0 Å². The van der Waals surface area contributed by atoms with Gasteiger partial charge in [0, 0.05) is 11.6 Å². The molecule has 0 spiro atoms. The topological polar surface area (TPSA) is 78.1 Å². The zero-order valence-electron chi connectivity index (χ0n) is 8.11. The maximum atomic E-state index is 11.0. The maximum Gasteiger partial charge on any atom is 0.330 e. The van der Waals surface area contributed by atoms with Crippen LogP contribution in [0.2, 0.25) is 5.15 Å². The molecule has 0 aromatic carbocycles. The highest BCUT2D eigenvalue weighted by molar-refractivity contribution is 6.29. The lowest BCUT2D eigenvalue weighted by Gasteiger charge is -1.98. The monoisotopic (exact) mass is 227 g/mol. The fraction of sp³-hybridized carbons (Fsp3) is 0.222. The lowest BCUT2D eigenvalue weighted by molar-refractivity contribution is -0.137. The molecule has 2 N–H and O–H groups in total. The summed E-state index contributed by atoms with van der Waals surface area (Å²) in [5.41, 5.74) is 6.04. The van der Waals surface area contributed by atoms with E-state index in [9.17, 15) is 4.79 Å². The number of carbonyl (C=O) groups excluding carboxylic acids is 1. The molecule has 1 heterocycles. The summed E-state index contributed by atoms with van der Waals surface area (Å²) in [6.45, 7) is 2.05. The fourth-order valence-electron chi connectivity index (χ4n) is 0.872. The zero-order chi connectivity index (χ0) is 11.3. The van der Waals surface area contributed by atoms with Gasteiger partial charge in [-0.3, -0.25) is 0 Å². The lowest BCUT2D eigenvalue weighted by atomic mass is 10.2. The van der Waals surface area contributed by atoms with E-state index in [1.54, 1.807) is 6.92 Å². The van der Waals surface area contributed by atoms with E-state index in [0.717, 1.165) is 0 Å². The third kappa shape index (κ3) is 3.55. The van der Waals surface area contributed by atoms with Gasteiger partial charge in [0.25, 0.3) is 0 Å². The fourth-order valence-corrected chi connectivity index (χ4v) is 1.03. The number of rotatable bonds is 3. The predicted molar refractivity (Wildman–Crippen MR) is 57.1 cm³/mol. The van der Waals surface area contributed by atoms with Gasteiger partial charge in [0.15, 0.2) is 11.0 Å². The standard InChI is InChI=1S/C9H10ClN3O2/c1-2-15-8(14)4-3-6-5-7(10)12-13-9(6)11/h3-5H,2H2,1H3,(H2,11,13). The van der Waals surface area contributed by atoms with Crippen LogP contribution in [0.3, 0.4) is 0 Å². The van der Waals surface area contributed by atoms with E-state index >= 15 is 0 Å². The molecule has 0 saturated heterocycles. The van der Waals surface area contributed by atoms with Crippen molar-refractivity contribution < 1.29 is 9.53 Å². The summed E-state index contributed by atoms with van der Waals surface area (Å²) >= 11 is 5.61. The van der Waals surface area contributed by atoms with E-state index in [0.29, 0.717) is 12.2 Å². The summed E-state index contributed by atoms with van der Waals surface area (Å²) in [5.74, 6) is -0.232. The Hall–Kier alpha value is -1.62. The Morgan fingerprint density at radius 3 is 3.07 bits per heavy atom. The van der Waals surface area contributed by atoms with E-state index in [1.165, 1.54) is 18.2 Å². The Bertz CT molecular complexity index is 393. The number of ether oxygens (including phenoxy) is 1. The molecule has 5 nitrogen and oxygen atoms in total. The number of esters is 1. The number of hydrogen-bond acceptors (Lipinski definition) is 5. The van der Waals surface area contributed by atoms with Crippen molar-refractivity contribution in [2.75, 3.05) is 12.3 Å². The second kappa shape index (κ2) is 5.31. The van der Waals surface area contributed by atoms with Gasteiger partial charge in [0.1, 0.15) is 0 Å². The number of aromatic nitrogens is 2. The summed E-state index contributed by atoms with van der Waals surface area (Å²) in [7, 11) is 0. The van der Waals surface area contributed by atoms with Gasteiger partial charge in [-0.1, -0.05) is 11.6 Å². The SMILES string of the molecule is CCOC(=O)C=Cc1cc(Cl)nnc1N. The molecule has 0 amide bonds. The van der Waals surface area contributed by atoms with E-state index in [-0.39, 0.29) is 11.0 Å². The Morgan fingerprint density at radius 1 is 1.67 bits per heavy atom. The second-order valence-electron chi connectivity index (χ2n) is 2.59. The van der Waals surface area contributed by atoms with Crippen molar-refractivity contribution in [1.82, 2.24) is 10.2 Å². The Labute approximate surface area is 91.9 Å². The molecule has 0 aliphatic heterocycles. The van der Waals surface area contributed by atoms with Crippen molar-refractivity contribution in [3.05, 3.63) is 22.9 Å². The van der Waals surface area contributed by atoms with E-state index in [2.05, 4.69) is 10.2 Å². The number of hydrogen-bond donors (Lipinski definition) is 1. The summed E-state index contributed by atoms with van der Waals surface area (Å²) in [6, 6.07) is 1.51. The van der Waals surface area contributed by atoms with Gasteiger partial charge < -0.3 is 10.5 Å². The predicted octanol–water partition coefficient (Wildman–Crippen LogP) is 1.29. The molecular weight excluding hydrogens is 218 g/mol. The quantitative estimate of drug-likeness (QED) is 0.622. The van der Waals surface area contributed by atoms with Crippen LogP contribution in [0.25, 0.3) is 6.08 Å². The average molecular weight is 228 g/mol. The molecule has 6 heteroatoms. The molecule has 1 aromatic rings. The number of nitrogens with two attached hydrogens (primary N) is 1. The smallest absolute Gasteiger partial charge is 0.330 e. The van der Waals surface area contributed by atoms with Crippen molar-refractivity contribution in [1.29, 1.82) is 0 Å². The van der Waals surface area contributed by atoms with Crippen LogP contribution in [-0.4, -0.2) is 22.8 Å². The molecule has 0 unspecified atom stereocenters. The molecule has 0 saturated carbocycles. The second-order valence-corrected chi connectivity index (χ2v) is 2.98. The number of nitrogens with zero attached hydrogens (tertiary/aromatic N) is 2. The molecule has 0 radical (unpaired) electrons. The molecule has 1 aromatic heterocycles. The van der Waals surface area contributed by atoms with Crippen LogP contribution >= 0.6 is 11.6 Å². The minimum absolute atomic E-state index is 0.208. The van der Waals surface area contributed by atoms with Crippen LogP contribution in [0.4, 0.5) is 5.82 Å². The van der Waals surface area contributed by atoms with Crippen LogP contribution in [0.15, 0.2) is 12.1 Å². The Kier molecular flexibility index (Phi) is 4.05. The molecule has 0 bridgehead atoms. The molecule has 0 aliphatic carbocycles. The normalized spacial score (nSPS) is 10.5. The Morgan fingerprint density at radius 2 is 2.40 bits per heavy atom. The first-order valence-corrected chi connectivity index (χ1v) is 4.64. The molecule has 0 aliphatic rings. The van der Waals surface area contributed by atoms with Gasteiger partial charge in [-0.25, -0.2) is 4.79 Å². The van der Waals surface area contributed by atoms with Crippen molar-refractivity contribution in [2.24, 2.45) is 0 Å². The van der Waals surface area contributed by atoms with Gasteiger partial charge in [-0.2, -0.15) is 0 Å². The molecule has 15 heavy (non-hydrogen) atoms. The van der Waals surface area contributed by atoms with Gasteiger partial charge in [0.05, 0.1) is 6.61 Å². The van der Waals surface area contributed by atoms with Crippen molar-refractivity contribution >= 4 is 29.5 Å². The summed E-state index contributed by atoms with van der Waals surface area (Å²) in [4.78, 5) is 11.0. The molecule has 1 rings (SSSR count). The maximum absolute atomic E-state index is 11.0. The number of nitrogen functional groups attached to an aromatic ring is 1. The third-order valence-electron chi connectivity index (χ3n) is 1.51.